The van der Waals surface area contributed by atoms with Crippen molar-refractivity contribution in [2.75, 3.05) is 6.54 Å². The molecule has 1 atom stereocenters. The van der Waals surface area contributed by atoms with Crippen molar-refractivity contribution < 1.29 is 9.59 Å². The highest BCUT2D eigenvalue weighted by molar-refractivity contribution is 6.00. The second-order valence-electron chi connectivity index (χ2n) is 4.26. The van der Waals surface area contributed by atoms with E-state index >= 15 is 0 Å². The molecule has 1 aromatic carbocycles. The molecule has 0 aromatic heterocycles. The van der Waals surface area contributed by atoms with Crippen LogP contribution in [0, 0.1) is 11.3 Å². The van der Waals surface area contributed by atoms with Crippen molar-refractivity contribution >= 4 is 11.8 Å². The van der Waals surface area contributed by atoms with E-state index < -0.39 is 0 Å². The third-order valence-electron chi connectivity index (χ3n) is 3.05. The van der Waals surface area contributed by atoms with Crippen LogP contribution in [0.15, 0.2) is 24.3 Å². The first kappa shape index (κ1) is 12.3. The van der Waals surface area contributed by atoms with Gasteiger partial charge in [0.15, 0.2) is 0 Å². The molecule has 0 aliphatic carbocycles. The van der Waals surface area contributed by atoms with E-state index in [4.69, 9.17) is 5.26 Å². The first-order valence-electron chi connectivity index (χ1n) is 5.67. The number of benzene rings is 1. The SMILES string of the molecule is CC1C(=O)NC(=O)CN1Cc1ccccc1C#N. The van der Waals surface area contributed by atoms with E-state index in [0.29, 0.717) is 12.1 Å². The monoisotopic (exact) mass is 243 g/mol. The van der Waals surface area contributed by atoms with Gasteiger partial charge in [-0.3, -0.25) is 19.8 Å². The smallest absolute Gasteiger partial charge is 0.243 e. The number of carbonyl (C=O) groups excluding carboxylic acids is 2. The van der Waals surface area contributed by atoms with E-state index in [1.54, 1.807) is 24.0 Å². The van der Waals surface area contributed by atoms with Crippen molar-refractivity contribution in [3.8, 4) is 6.07 Å². The van der Waals surface area contributed by atoms with Gasteiger partial charge in [0.1, 0.15) is 0 Å². The van der Waals surface area contributed by atoms with E-state index in [2.05, 4.69) is 11.4 Å². The molecule has 2 rings (SSSR count). The maximum absolute atomic E-state index is 11.5. The summed E-state index contributed by atoms with van der Waals surface area (Å²) in [4.78, 5) is 24.6. The predicted octanol–water partition coefficient (Wildman–Crippen LogP) is 0.405. The minimum atomic E-state index is -0.366. The number of rotatable bonds is 2. The summed E-state index contributed by atoms with van der Waals surface area (Å²) in [6, 6.07) is 8.94. The summed E-state index contributed by atoms with van der Waals surface area (Å²) < 4.78 is 0. The lowest BCUT2D eigenvalue weighted by atomic mass is 10.1. The van der Waals surface area contributed by atoms with Gasteiger partial charge in [0.2, 0.25) is 11.8 Å². The Hall–Kier alpha value is -2.19. The molecule has 0 bridgehead atoms. The van der Waals surface area contributed by atoms with Gasteiger partial charge >= 0.3 is 0 Å². The maximum atomic E-state index is 11.5. The average Bonchev–Trinajstić information content (AvgIpc) is 2.36. The Balaban J connectivity index is 2.20. The van der Waals surface area contributed by atoms with Crippen molar-refractivity contribution in [2.45, 2.75) is 19.5 Å². The number of nitrogens with one attached hydrogen (secondary N) is 1. The largest absolute Gasteiger partial charge is 0.294 e. The summed E-state index contributed by atoms with van der Waals surface area (Å²) >= 11 is 0. The van der Waals surface area contributed by atoms with Gasteiger partial charge in [-0.25, -0.2) is 0 Å². The number of hydrogen-bond acceptors (Lipinski definition) is 4. The Bertz CT molecular complexity index is 533. The van der Waals surface area contributed by atoms with Crippen LogP contribution < -0.4 is 5.32 Å². The Morgan fingerprint density at radius 3 is 2.89 bits per heavy atom. The minimum Gasteiger partial charge on any atom is -0.294 e. The zero-order chi connectivity index (χ0) is 13.1. The molecule has 5 heteroatoms. The standard InChI is InChI=1S/C13H13N3O2/c1-9-13(18)15-12(17)8-16(9)7-11-5-3-2-4-10(11)6-14/h2-5,9H,7-8H2,1H3,(H,15,17,18). The van der Waals surface area contributed by atoms with Gasteiger partial charge in [0.25, 0.3) is 0 Å². The number of nitriles is 1. The molecular weight excluding hydrogens is 230 g/mol. The molecule has 92 valence electrons. The molecule has 1 aliphatic rings. The lowest BCUT2D eigenvalue weighted by Crippen LogP contribution is -2.56. The molecule has 1 unspecified atom stereocenters. The predicted molar refractivity (Wildman–Crippen MR) is 64.2 cm³/mol. The molecule has 1 heterocycles. The van der Waals surface area contributed by atoms with Crippen molar-refractivity contribution in [2.24, 2.45) is 0 Å². The van der Waals surface area contributed by atoms with E-state index in [9.17, 15) is 9.59 Å². The van der Waals surface area contributed by atoms with Crippen LogP contribution >= 0.6 is 0 Å². The molecule has 1 fully saturated rings. The van der Waals surface area contributed by atoms with Gasteiger partial charge in [-0.15, -0.1) is 0 Å². The second-order valence-corrected chi connectivity index (χ2v) is 4.26. The molecule has 1 aliphatic heterocycles. The van der Waals surface area contributed by atoms with Crippen LogP contribution in [0.25, 0.3) is 0 Å². The third-order valence-corrected chi connectivity index (χ3v) is 3.05. The molecule has 18 heavy (non-hydrogen) atoms. The number of carbonyl (C=O) groups is 2. The van der Waals surface area contributed by atoms with Crippen LogP contribution in [0.3, 0.4) is 0 Å². The van der Waals surface area contributed by atoms with Crippen molar-refractivity contribution in [1.82, 2.24) is 10.2 Å². The lowest BCUT2D eigenvalue weighted by Gasteiger charge is -2.31. The van der Waals surface area contributed by atoms with Crippen LogP contribution in [-0.2, 0) is 16.1 Å². The normalized spacial score (nSPS) is 20.3. The quantitative estimate of drug-likeness (QED) is 0.763. The van der Waals surface area contributed by atoms with Crippen molar-refractivity contribution in [1.29, 1.82) is 5.26 Å². The molecular formula is C13H13N3O2. The summed E-state index contributed by atoms with van der Waals surface area (Å²) in [5, 5.41) is 11.3. The van der Waals surface area contributed by atoms with Crippen molar-refractivity contribution in [3.63, 3.8) is 0 Å². The number of piperazine rings is 1. The second kappa shape index (κ2) is 4.98. The molecule has 1 aromatic rings. The van der Waals surface area contributed by atoms with Crippen LogP contribution in [-0.4, -0.2) is 29.3 Å². The van der Waals surface area contributed by atoms with Gasteiger partial charge in [-0.05, 0) is 18.6 Å². The van der Waals surface area contributed by atoms with Crippen LogP contribution in [0.5, 0.6) is 0 Å². The molecule has 2 amide bonds. The topological polar surface area (TPSA) is 73.2 Å². The van der Waals surface area contributed by atoms with Crippen molar-refractivity contribution in [3.05, 3.63) is 35.4 Å². The highest BCUT2D eigenvalue weighted by atomic mass is 16.2. The Labute approximate surface area is 105 Å². The molecule has 0 radical (unpaired) electrons. The first-order valence-corrected chi connectivity index (χ1v) is 5.67. The lowest BCUT2D eigenvalue weighted by molar-refractivity contribution is -0.139. The number of amides is 2. The highest BCUT2D eigenvalue weighted by Crippen LogP contribution is 2.14. The van der Waals surface area contributed by atoms with Gasteiger partial charge in [0, 0.05) is 6.54 Å². The molecule has 0 saturated carbocycles. The fourth-order valence-electron chi connectivity index (χ4n) is 1.95. The van der Waals surface area contributed by atoms with Crippen LogP contribution in [0.4, 0.5) is 0 Å². The van der Waals surface area contributed by atoms with Crippen LogP contribution in [0.1, 0.15) is 18.1 Å². The van der Waals surface area contributed by atoms with E-state index in [1.807, 2.05) is 12.1 Å². The highest BCUT2D eigenvalue weighted by Gasteiger charge is 2.30. The summed E-state index contributed by atoms with van der Waals surface area (Å²) in [5.41, 5.74) is 1.40. The summed E-state index contributed by atoms with van der Waals surface area (Å²) in [6.45, 7) is 2.34. The zero-order valence-corrected chi connectivity index (χ0v) is 10.0. The maximum Gasteiger partial charge on any atom is 0.243 e. The molecule has 0 spiro atoms. The molecule has 1 saturated heterocycles. The third kappa shape index (κ3) is 2.39. The van der Waals surface area contributed by atoms with Gasteiger partial charge in [-0.2, -0.15) is 5.26 Å². The summed E-state index contributed by atoms with van der Waals surface area (Å²) in [7, 11) is 0. The van der Waals surface area contributed by atoms with E-state index in [1.165, 1.54) is 0 Å². The Morgan fingerprint density at radius 2 is 2.17 bits per heavy atom. The zero-order valence-electron chi connectivity index (χ0n) is 10.0. The van der Waals surface area contributed by atoms with Gasteiger partial charge < -0.3 is 0 Å². The van der Waals surface area contributed by atoms with E-state index in [-0.39, 0.29) is 24.4 Å². The Morgan fingerprint density at radius 1 is 1.44 bits per heavy atom. The molecule has 5 nitrogen and oxygen atoms in total. The number of hydrogen-bond donors (Lipinski definition) is 1. The van der Waals surface area contributed by atoms with Crippen LogP contribution in [0.2, 0.25) is 0 Å². The summed E-state index contributed by atoms with van der Waals surface area (Å²) in [5.74, 6) is -0.590. The first-order chi connectivity index (χ1) is 8.61. The average molecular weight is 243 g/mol. The Kier molecular flexibility index (Phi) is 3.40. The minimum absolute atomic E-state index is 0.173. The fourth-order valence-corrected chi connectivity index (χ4v) is 1.95. The van der Waals surface area contributed by atoms with E-state index in [0.717, 1.165) is 5.56 Å². The summed E-state index contributed by atoms with van der Waals surface area (Å²) in [6.07, 6.45) is 0. The molecule has 1 N–H and O–H groups in total. The van der Waals surface area contributed by atoms with Gasteiger partial charge in [-0.1, -0.05) is 18.2 Å². The fraction of sp³-hybridized carbons (Fsp3) is 0.308. The number of imide groups is 1. The van der Waals surface area contributed by atoms with Gasteiger partial charge in [0.05, 0.1) is 24.2 Å². The number of nitrogens with zero attached hydrogens (tertiary/aromatic N) is 2.